The van der Waals surface area contributed by atoms with Crippen molar-refractivity contribution in [3.63, 3.8) is 0 Å². The number of rotatable bonds is 6. The maximum atomic E-state index is 12.5. The maximum absolute atomic E-state index is 12.5. The SMILES string of the molecule is CN=C(NCCC1CC1)NCC1(C(=O)N(C)C)CCCC1.I. The van der Waals surface area contributed by atoms with Crippen LogP contribution in [0.1, 0.15) is 44.9 Å². The van der Waals surface area contributed by atoms with Gasteiger partial charge in [-0.25, -0.2) is 0 Å². The molecule has 0 aromatic carbocycles. The first kappa shape index (κ1) is 19.5. The minimum atomic E-state index is -0.238. The summed E-state index contributed by atoms with van der Waals surface area (Å²) in [7, 11) is 5.50. The molecule has 0 heterocycles. The summed E-state index contributed by atoms with van der Waals surface area (Å²) in [5, 5.41) is 6.74. The van der Waals surface area contributed by atoms with Gasteiger partial charge in [0.25, 0.3) is 0 Å². The Labute approximate surface area is 151 Å². The summed E-state index contributed by atoms with van der Waals surface area (Å²) in [6, 6.07) is 0. The van der Waals surface area contributed by atoms with E-state index in [1.54, 1.807) is 11.9 Å². The van der Waals surface area contributed by atoms with Gasteiger partial charge in [-0.3, -0.25) is 9.79 Å². The van der Waals surface area contributed by atoms with Crippen LogP contribution in [0.15, 0.2) is 4.99 Å². The second-order valence-corrected chi connectivity index (χ2v) is 6.77. The van der Waals surface area contributed by atoms with Crippen LogP contribution < -0.4 is 10.6 Å². The number of hydrogen-bond donors (Lipinski definition) is 2. The van der Waals surface area contributed by atoms with Gasteiger partial charge in [-0.05, 0) is 25.2 Å². The lowest BCUT2D eigenvalue weighted by Crippen LogP contribution is -2.49. The van der Waals surface area contributed by atoms with Gasteiger partial charge in [0.1, 0.15) is 0 Å². The second-order valence-electron chi connectivity index (χ2n) is 6.77. The molecule has 2 aliphatic carbocycles. The summed E-state index contributed by atoms with van der Waals surface area (Å²) in [5.74, 6) is 2.00. The first-order chi connectivity index (χ1) is 10.1. The molecule has 2 N–H and O–H groups in total. The highest BCUT2D eigenvalue weighted by molar-refractivity contribution is 14.0. The van der Waals surface area contributed by atoms with Gasteiger partial charge in [0.05, 0.1) is 5.41 Å². The Bertz CT molecular complexity index is 388. The fourth-order valence-electron chi connectivity index (χ4n) is 3.27. The molecule has 0 unspecified atom stereocenters. The molecular formula is C16H31IN4O. The molecule has 0 bridgehead atoms. The van der Waals surface area contributed by atoms with Crippen molar-refractivity contribution in [3.05, 3.63) is 0 Å². The Morgan fingerprint density at radius 1 is 1.23 bits per heavy atom. The van der Waals surface area contributed by atoms with Crippen LogP contribution in [0.3, 0.4) is 0 Å². The summed E-state index contributed by atoms with van der Waals surface area (Å²) in [6.07, 6.45) is 8.25. The number of amides is 1. The quantitative estimate of drug-likeness (QED) is 0.392. The van der Waals surface area contributed by atoms with Gasteiger partial charge in [-0.2, -0.15) is 0 Å². The number of nitrogens with one attached hydrogen (secondary N) is 2. The normalized spacial score (nSPS) is 20.2. The fourth-order valence-corrected chi connectivity index (χ4v) is 3.27. The van der Waals surface area contributed by atoms with Crippen molar-refractivity contribution in [2.75, 3.05) is 34.2 Å². The second kappa shape index (κ2) is 8.93. The summed E-state index contributed by atoms with van der Waals surface area (Å²) in [4.78, 5) is 18.5. The van der Waals surface area contributed by atoms with E-state index in [0.717, 1.165) is 44.1 Å². The molecule has 0 atom stereocenters. The van der Waals surface area contributed by atoms with Crippen LogP contribution in [0.25, 0.3) is 0 Å². The van der Waals surface area contributed by atoms with E-state index < -0.39 is 0 Å². The van der Waals surface area contributed by atoms with E-state index >= 15 is 0 Å². The van der Waals surface area contributed by atoms with Gasteiger partial charge in [0, 0.05) is 34.2 Å². The molecule has 0 saturated heterocycles. The molecule has 2 fully saturated rings. The van der Waals surface area contributed by atoms with E-state index in [2.05, 4.69) is 15.6 Å². The molecule has 0 spiro atoms. The van der Waals surface area contributed by atoms with Crippen molar-refractivity contribution in [2.45, 2.75) is 44.9 Å². The Kier molecular flexibility index (Phi) is 7.93. The molecule has 5 nitrogen and oxygen atoms in total. The molecule has 0 aromatic rings. The molecule has 2 aliphatic rings. The van der Waals surface area contributed by atoms with E-state index in [4.69, 9.17) is 0 Å². The molecule has 6 heteroatoms. The van der Waals surface area contributed by atoms with Crippen molar-refractivity contribution in [1.29, 1.82) is 0 Å². The largest absolute Gasteiger partial charge is 0.356 e. The number of aliphatic imine (C=N–C) groups is 1. The van der Waals surface area contributed by atoms with Crippen LogP contribution >= 0.6 is 24.0 Å². The number of nitrogens with zero attached hydrogens (tertiary/aromatic N) is 2. The van der Waals surface area contributed by atoms with Gasteiger partial charge in [0.2, 0.25) is 5.91 Å². The Hall–Kier alpha value is -0.530. The Morgan fingerprint density at radius 2 is 1.86 bits per heavy atom. The third-order valence-corrected chi connectivity index (χ3v) is 4.78. The van der Waals surface area contributed by atoms with E-state index in [9.17, 15) is 4.79 Å². The summed E-state index contributed by atoms with van der Waals surface area (Å²) in [5.41, 5.74) is -0.238. The first-order valence-electron chi connectivity index (χ1n) is 8.24. The van der Waals surface area contributed by atoms with Crippen molar-refractivity contribution in [3.8, 4) is 0 Å². The zero-order chi connectivity index (χ0) is 15.3. The highest BCUT2D eigenvalue weighted by Crippen LogP contribution is 2.38. The van der Waals surface area contributed by atoms with Crippen LogP contribution in [0.2, 0.25) is 0 Å². The van der Waals surface area contributed by atoms with Crippen LogP contribution in [-0.2, 0) is 4.79 Å². The number of halogens is 1. The van der Waals surface area contributed by atoms with Gasteiger partial charge in [-0.15, -0.1) is 24.0 Å². The minimum absolute atomic E-state index is 0. The molecular weight excluding hydrogens is 391 g/mol. The molecule has 0 aromatic heterocycles. The lowest BCUT2D eigenvalue weighted by molar-refractivity contribution is -0.138. The number of carbonyl (C=O) groups excluding carboxylic acids is 1. The number of hydrogen-bond acceptors (Lipinski definition) is 2. The Balaban J connectivity index is 0.00000242. The smallest absolute Gasteiger partial charge is 0.230 e. The molecule has 0 radical (unpaired) electrons. The van der Waals surface area contributed by atoms with Gasteiger partial charge in [0.15, 0.2) is 5.96 Å². The third kappa shape index (κ3) is 5.28. The zero-order valence-electron chi connectivity index (χ0n) is 14.2. The molecule has 1 amide bonds. The molecule has 22 heavy (non-hydrogen) atoms. The summed E-state index contributed by atoms with van der Waals surface area (Å²) >= 11 is 0. The minimum Gasteiger partial charge on any atom is -0.356 e. The third-order valence-electron chi connectivity index (χ3n) is 4.78. The van der Waals surface area contributed by atoms with E-state index in [0.29, 0.717) is 6.54 Å². The number of guanidine groups is 1. The average molecular weight is 422 g/mol. The first-order valence-corrected chi connectivity index (χ1v) is 8.24. The molecule has 2 rings (SSSR count). The zero-order valence-corrected chi connectivity index (χ0v) is 16.5. The van der Waals surface area contributed by atoms with Crippen molar-refractivity contribution in [2.24, 2.45) is 16.3 Å². The van der Waals surface area contributed by atoms with Crippen molar-refractivity contribution < 1.29 is 4.79 Å². The monoisotopic (exact) mass is 422 g/mol. The van der Waals surface area contributed by atoms with Crippen molar-refractivity contribution >= 4 is 35.8 Å². The van der Waals surface area contributed by atoms with Crippen LogP contribution in [-0.4, -0.2) is 51.0 Å². The molecule has 128 valence electrons. The van der Waals surface area contributed by atoms with Crippen molar-refractivity contribution in [1.82, 2.24) is 15.5 Å². The van der Waals surface area contributed by atoms with Crippen LogP contribution in [0, 0.1) is 11.3 Å². The highest BCUT2D eigenvalue weighted by Gasteiger charge is 2.42. The van der Waals surface area contributed by atoms with Gasteiger partial charge >= 0.3 is 0 Å². The van der Waals surface area contributed by atoms with E-state index in [1.807, 2.05) is 14.1 Å². The van der Waals surface area contributed by atoms with Gasteiger partial charge in [-0.1, -0.05) is 25.7 Å². The van der Waals surface area contributed by atoms with Crippen LogP contribution in [0.4, 0.5) is 0 Å². The maximum Gasteiger partial charge on any atom is 0.230 e. The predicted molar refractivity (Wildman–Crippen MR) is 102 cm³/mol. The van der Waals surface area contributed by atoms with Crippen LogP contribution in [0.5, 0.6) is 0 Å². The van der Waals surface area contributed by atoms with E-state index in [-0.39, 0.29) is 35.3 Å². The average Bonchev–Trinajstić information content (AvgIpc) is 3.17. The topological polar surface area (TPSA) is 56.7 Å². The van der Waals surface area contributed by atoms with E-state index in [1.165, 1.54) is 19.3 Å². The highest BCUT2D eigenvalue weighted by atomic mass is 127. The lowest BCUT2D eigenvalue weighted by atomic mass is 9.84. The lowest BCUT2D eigenvalue weighted by Gasteiger charge is -2.31. The van der Waals surface area contributed by atoms with Gasteiger partial charge < -0.3 is 15.5 Å². The molecule has 0 aliphatic heterocycles. The standard InChI is InChI=1S/C16H30N4O.HI/c1-17-15(18-11-8-13-6-7-13)19-12-16(9-4-5-10-16)14(21)20(2)3;/h13H,4-12H2,1-3H3,(H2,17,18,19);1H. The predicted octanol–water partition coefficient (Wildman–Crippen LogP) is 2.22. The summed E-state index contributed by atoms with van der Waals surface area (Å²) in [6.45, 7) is 1.66. The summed E-state index contributed by atoms with van der Waals surface area (Å²) < 4.78 is 0. The fraction of sp³-hybridized carbons (Fsp3) is 0.875. The Morgan fingerprint density at radius 3 is 2.36 bits per heavy atom. The number of carbonyl (C=O) groups is 1. The molecule has 2 saturated carbocycles.